The number of nitrogens with zero attached hydrogens (tertiary/aromatic N) is 2. The maximum atomic E-state index is 6.19. The fraction of sp³-hybridized carbons (Fsp3) is 0.733. The maximum Gasteiger partial charge on any atom is 0.222 e. The van der Waals surface area contributed by atoms with Gasteiger partial charge < -0.3 is 10.1 Å². The molecule has 0 bridgehead atoms. The third-order valence-corrected chi connectivity index (χ3v) is 3.90. The van der Waals surface area contributed by atoms with E-state index in [4.69, 9.17) is 4.74 Å². The molecule has 1 aliphatic rings. The van der Waals surface area contributed by atoms with Gasteiger partial charge >= 0.3 is 0 Å². The van der Waals surface area contributed by atoms with Gasteiger partial charge in [0.15, 0.2) is 0 Å². The fourth-order valence-corrected chi connectivity index (χ4v) is 2.74. The van der Waals surface area contributed by atoms with Gasteiger partial charge in [0.2, 0.25) is 5.88 Å². The molecule has 0 saturated heterocycles. The molecule has 1 heterocycles. The molecule has 1 aromatic heterocycles. The van der Waals surface area contributed by atoms with Gasteiger partial charge in [-0.25, -0.2) is 9.97 Å². The summed E-state index contributed by atoms with van der Waals surface area (Å²) in [4.78, 5) is 8.66. The summed E-state index contributed by atoms with van der Waals surface area (Å²) in [5.74, 6) is 2.31. The Hall–Kier alpha value is -1.32. The number of aromatic nitrogens is 2. The van der Waals surface area contributed by atoms with Crippen molar-refractivity contribution in [3.8, 4) is 5.88 Å². The van der Waals surface area contributed by atoms with Gasteiger partial charge in [0.05, 0.1) is 5.56 Å². The maximum absolute atomic E-state index is 6.19. The lowest BCUT2D eigenvalue weighted by Gasteiger charge is -2.29. The largest absolute Gasteiger partial charge is 0.474 e. The van der Waals surface area contributed by atoms with Crippen LogP contribution in [0.15, 0.2) is 6.33 Å². The molecule has 0 spiro atoms. The van der Waals surface area contributed by atoms with Gasteiger partial charge in [-0.15, -0.1) is 0 Å². The zero-order chi connectivity index (χ0) is 13.7. The summed E-state index contributed by atoms with van der Waals surface area (Å²) < 4.78 is 6.19. The highest BCUT2D eigenvalue weighted by Gasteiger charge is 2.24. The van der Waals surface area contributed by atoms with Crippen LogP contribution in [0, 0.1) is 5.92 Å². The lowest BCUT2D eigenvalue weighted by atomic mass is 9.88. The van der Waals surface area contributed by atoms with E-state index in [1.54, 1.807) is 6.33 Å². The van der Waals surface area contributed by atoms with Crippen LogP contribution in [-0.4, -0.2) is 22.6 Å². The van der Waals surface area contributed by atoms with Crippen LogP contribution in [0.4, 0.5) is 5.82 Å². The first kappa shape index (κ1) is 14.1. The average Bonchev–Trinajstić information content (AvgIpc) is 2.42. The summed E-state index contributed by atoms with van der Waals surface area (Å²) in [6.07, 6.45) is 7.79. The number of ether oxygens (including phenoxy) is 1. The van der Waals surface area contributed by atoms with Crippen molar-refractivity contribution < 1.29 is 4.74 Å². The first-order valence-electron chi connectivity index (χ1n) is 7.50. The van der Waals surface area contributed by atoms with E-state index >= 15 is 0 Å². The van der Waals surface area contributed by atoms with Gasteiger partial charge in [-0.05, 0) is 38.5 Å². The summed E-state index contributed by atoms with van der Waals surface area (Å²) in [6.45, 7) is 7.34. The SMILES string of the molecule is CCNc1ncnc(OC2CCCCC2C)c1CC. The van der Waals surface area contributed by atoms with E-state index in [-0.39, 0.29) is 0 Å². The number of hydrogen-bond donors (Lipinski definition) is 1. The van der Waals surface area contributed by atoms with Crippen LogP contribution in [0.3, 0.4) is 0 Å². The monoisotopic (exact) mass is 263 g/mol. The van der Waals surface area contributed by atoms with Crippen molar-refractivity contribution in [2.45, 2.75) is 59.0 Å². The minimum atomic E-state index is 0.309. The Labute approximate surface area is 116 Å². The number of rotatable bonds is 5. The van der Waals surface area contributed by atoms with E-state index < -0.39 is 0 Å². The molecule has 4 nitrogen and oxygen atoms in total. The second-order valence-electron chi connectivity index (χ2n) is 5.31. The Kier molecular flexibility index (Phi) is 5.00. The molecular weight excluding hydrogens is 238 g/mol. The molecule has 2 rings (SSSR count). The second-order valence-corrected chi connectivity index (χ2v) is 5.31. The lowest BCUT2D eigenvalue weighted by Crippen LogP contribution is -2.29. The van der Waals surface area contributed by atoms with Gasteiger partial charge in [0.25, 0.3) is 0 Å². The molecule has 0 aromatic carbocycles. The highest BCUT2D eigenvalue weighted by Crippen LogP contribution is 2.30. The second kappa shape index (κ2) is 6.73. The third kappa shape index (κ3) is 3.37. The van der Waals surface area contributed by atoms with Crippen molar-refractivity contribution in [2.24, 2.45) is 5.92 Å². The van der Waals surface area contributed by atoms with Crippen LogP contribution in [0.1, 0.15) is 52.0 Å². The quantitative estimate of drug-likeness (QED) is 0.884. The van der Waals surface area contributed by atoms with Crippen molar-refractivity contribution in [2.75, 3.05) is 11.9 Å². The van der Waals surface area contributed by atoms with Crippen LogP contribution in [-0.2, 0) is 6.42 Å². The summed E-state index contributed by atoms with van der Waals surface area (Å²) in [5.41, 5.74) is 1.10. The molecule has 1 saturated carbocycles. The standard InChI is InChI=1S/C15H25N3O/c1-4-12-14(16-5-2)17-10-18-15(12)19-13-9-7-6-8-11(13)3/h10-11,13H,4-9H2,1-3H3,(H,16,17,18). The van der Waals surface area contributed by atoms with Crippen LogP contribution in [0.25, 0.3) is 0 Å². The molecule has 1 aliphatic carbocycles. The Morgan fingerprint density at radius 3 is 2.74 bits per heavy atom. The first-order valence-corrected chi connectivity index (χ1v) is 7.50. The van der Waals surface area contributed by atoms with Crippen LogP contribution in [0.5, 0.6) is 5.88 Å². The lowest BCUT2D eigenvalue weighted by molar-refractivity contribution is 0.0964. The highest BCUT2D eigenvalue weighted by atomic mass is 16.5. The van der Waals surface area contributed by atoms with Gasteiger partial charge in [0.1, 0.15) is 18.2 Å². The molecule has 106 valence electrons. The topological polar surface area (TPSA) is 47.0 Å². The molecule has 0 amide bonds. The van der Waals surface area contributed by atoms with Gasteiger partial charge in [-0.1, -0.05) is 20.3 Å². The van der Waals surface area contributed by atoms with Gasteiger partial charge in [-0.2, -0.15) is 0 Å². The molecule has 1 N–H and O–H groups in total. The first-order chi connectivity index (χ1) is 9.26. The van der Waals surface area contributed by atoms with Crippen molar-refractivity contribution in [1.82, 2.24) is 9.97 Å². The minimum Gasteiger partial charge on any atom is -0.474 e. The van der Waals surface area contributed by atoms with Crippen molar-refractivity contribution in [1.29, 1.82) is 0 Å². The third-order valence-electron chi connectivity index (χ3n) is 3.90. The van der Waals surface area contributed by atoms with Crippen molar-refractivity contribution in [3.63, 3.8) is 0 Å². The van der Waals surface area contributed by atoms with Crippen molar-refractivity contribution in [3.05, 3.63) is 11.9 Å². The Morgan fingerprint density at radius 1 is 1.26 bits per heavy atom. The minimum absolute atomic E-state index is 0.309. The molecule has 1 fully saturated rings. The zero-order valence-corrected chi connectivity index (χ0v) is 12.3. The van der Waals surface area contributed by atoms with Gasteiger partial charge in [0, 0.05) is 6.54 Å². The summed E-state index contributed by atoms with van der Waals surface area (Å²) in [7, 11) is 0. The highest BCUT2D eigenvalue weighted by molar-refractivity contribution is 5.48. The Morgan fingerprint density at radius 2 is 2.05 bits per heavy atom. The predicted molar refractivity (Wildman–Crippen MR) is 77.6 cm³/mol. The van der Waals surface area contributed by atoms with E-state index in [1.807, 2.05) is 0 Å². The summed E-state index contributed by atoms with van der Waals surface area (Å²) >= 11 is 0. The zero-order valence-electron chi connectivity index (χ0n) is 12.3. The van der Waals surface area contributed by atoms with E-state index in [0.717, 1.165) is 36.6 Å². The molecule has 2 atom stereocenters. The summed E-state index contributed by atoms with van der Waals surface area (Å²) in [5, 5.41) is 3.28. The molecule has 1 aromatic rings. The fourth-order valence-electron chi connectivity index (χ4n) is 2.74. The van der Waals surface area contributed by atoms with E-state index in [1.165, 1.54) is 19.3 Å². The Bertz CT molecular complexity index is 408. The van der Waals surface area contributed by atoms with Crippen molar-refractivity contribution >= 4 is 5.82 Å². The number of nitrogens with one attached hydrogen (secondary N) is 1. The predicted octanol–water partition coefficient (Wildman–Crippen LogP) is 3.43. The number of hydrogen-bond acceptors (Lipinski definition) is 4. The van der Waals surface area contributed by atoms with E-state index in [2.05, 4.69) is 36.1 Å². The molecule has 4 heteroatoms. The van der Waals surface area contributed by atoms with Crippen LogP contribution < -0.4 is 10.1 Å². The van der Waals surface area contributed by atoms with E-state index in [0.29, 0.717) is 12.0 Å². The molecular formula is C15H25N3O. The molecule has 0 radical (unpaired) electrons. The smallest absolute Gasteiger partial charge is 0.222 e. The van der Waals surface area contributed by atoms with E-state index in [9.17, 15) is 0 Å². The van der Waals surface area contributed by atoms with Crippen LogP contribution >= 0.6 is 0 Å². The normalized spacial score (nSPS) is 23.1. The van der Waals surface area contributed by atoms with Gasteiger partial charge in [-0.3, -0.25) is 0 Å². The Balaban J connectivity index is 2.16. The number of anilines is 1. The molecule has 2 unspecified atom stereocenters. The molecule has 19 heavy (non-hydrogen) atoms. The van der Waals surface area contributed by atoms with Crippen LogP contribution in [0.2, 0.25) is 0 Å². The average molecular weight is 263 g/mol. The summed E-state index contributed by atoms with van der Waals surface area (Å²) in [6, 6.07) is 0. The molecule has 0 aliphatic heterocycles.